The molecule has 4 heteroatoms. The van der Waals surface area contributed by atoms with E-state index in [0.717, 1.165) is 23.4 Å². The van der Waals surface area contributed by atoms with Gasteiger partial charge in [0.15, 0.2) is 0 Å². The Morgan fingerprint density at radius 1 is 1.33 bits per heavy atom. The fourth-order valence-corrected chi connectivity index (χ4v) is 1.56. The average molecular weight is 232 g/mol. The zero-order chi connectivity index (χ0) is 8.97. The van der Waals surface area contributed by atoms with Crippen molar-refractivity contribution in [1.29, 1.82) is 0 Å². The maximum absolute atomic E-state index is 4.11. The highest BCUT2D eigenvalue weighted by Gasteiger charge is 2.05. The first-order valence-corrected chi connectivity index (χ1v) is 5.34. The maximum atomic E-state index is 4.11. The summed E-state index contributed by atoms with van der Waals surface area (Å²) in [6.07, 6.45) is 3.43. The molecule has 3 nitrogen and oxygen atoms in total. The van der Waals surface area contributed by atoms with E-state index in [1.165, 1.54) is 12.8 Å². The molecule has 0 aliphatic rings. The Labute approximate surface area is 81.3 Å². The minimum atomic E-state index is 0.780. The van der Waals surface area contributed by atoms with E-state index in [0.29, 0.717) is 0 Å². The normalized spacial score (nSPS) is 10.6. The third kappa shape index (κ3) is 2.06. The van der Waals surface area contributed by atoms with E-state index in [1.807, 2.05) is 7.05 Å². The van der Waals surface area contributed by atoms with Gasteiger partial charge in [-0.15, -0.1) is 10.2 Å². The van der Waals surface area contributed by atoms with Crippen molar-refractivity contribution < 1.29 is 0 Å². The fraction of sp³-hybridized carbons (Fsp3) is 0.750. The highest BCUT2D eigenvalue weighted by atomic mass is 79.9. The second kappa shape index (κ2) is 4.60. The first-order chi connectivity index (χ1) is 5.79. The van der Waals surface area contributed by atoms with Gasteiger partial charge in [0.25, 0.3) is 0 Å². The molecule has 1 heterocycles. The summed E-state index contributed by atoms with van der Waals surface area (Å²) in [5, 5.41) is 8.94. The van der Waals surface area contributed by atoms with Crippen molar-refractivity contribution in [3.05, 3.63) is 11.6 Å². The molecule has 0 N–H and O–H groups in total. The van der Waals surface area contributed by atoms with E-state index in [2.05, 4.69) is 37.6 Å². The highest BCUT2D eigenvalue weighted by Crippen LogP contribution is 2.06. The molecule has 0 aromatic carbocycles. The lowest BCUT2D eigenvalue weighted by Gasteiger charge is -1.99. The Bertz CT molecular complexity index is 244. The van der Waals surface area contributed by atoms with Crippen LogP contribution in [0.5, 0.6) is 0 Å². The van der Waals surface area contributed by atoms with Gasteiger partial charge in [0.05, 0.1) is 5.33 Å². The van der Waals surface area contributed by atoms with Gasteiger partial charge in [0.2, 0.25) is 0 Å². The smallest absolute Gasteiger partial charge is 0.143 e. The van der Waals surface area contributed by atoms with Gasteiger partial charge in [0.1, 0.15) is 11.6 Å². The molecule has 0 saturated heterocycles. The van der Waals surface area contributed by atoms with E-state index in [4.69, 9.17) is 0 Å². The van der Waals surface area contributed by atoms with Crippen molar-refractivity contribution in [1.82, 2.24) is 14.8 Å². The number of aromatic nitrogens is 3. The third-order valence-electron chi connectivity index (χ3n) is 1.93. The SMILES string of the molecule is CCCCc1nnc(CBr)n1C. The lowest BCUT2D eigenvalue weighted by atomic mass is 10.2. The van der Waals surface area contributed by atoms with E-state index in [9.17, 15) is 0 Å². The van der Waals surface area contributed by atoms with Crippen LogP contribution in [0.2, 0.25) is 0 Å². The van der Waals surface area contributed by atoms with Crippen molar-refractivity contribution in [2.24, 2.45) is 7.05 Å². The lowest BCUT2D eigenvalue weighted by molar-refractivity contribution is 0.703. The summed E-state index contributed by atoms with van der Waals surface area (Å²) in [6.45, 7) is 2.18. The van der Waals surface area contributed by atoms with Crippen LogP contribution in [0.3, 0.4) is 0 Å². The van der Waals surface area contributed by atoms with Gasteiger partial charge in [-0.05, 0) is 6.42 Å². The number of alkyl halides is 1. The molecule has 1 aromatic heterocycles. The lowest BCUT2D eigenvalue weighted by Crippen LogP contribution is -2.00. The second-order valence-corrected chi connectivity index (χ2v) is 3.39. The Morgan fingerprint density at radius 2 is 2.00 bits per heavy atom. The van der Waals surface area contributed by atoms with Crippen LogP contribution in [0.25, 0.3) is 0 Å². The number of rotatable bonds is 4. The third-order valence-corrected chi connectivity index (χ3v) is 2.43. The highest BCUT2D eigenvalue weighted by molar-refractivity contribution is 9.08. The fourth-order valence-electron chi connectivity index (χ4n) is 1.07. The van der Waals surface area contributed by atoms with Crippen LogP contribution in [0.4, 0.5) is 0 Å². The second-order valence-electron chi connectivity index (χ2n) is 2.83. The summed E-state index contributed by atoms with van der Waals surface area (Å²) in [4.78, 5) is 0. The van der Waals surface area contributed by atoms with Gasteiger partial charge >= 0.3 is 0 Å². The summed E-state index contributed by atoms with van der Waals surface area (Å²) in [5.41, 5.74) is 0. The van der Waals surface area contributed by atoms with Crippen LogP contribution in [0.15, 0.2) is 0 Å². The van der Waals surface area contributed by atoms with Crippen LogP contribution in [0, 0.1) is 0 Å². The van der Waals surface area contributed by atoms with Crippen molar-refractivity contribution in [3.63, 3.8) is 0 Å². The first kappa shape index (κ1) is 9.71. The number of hydrogen-bond acceptors (Lipinski definition) is 2. The molecule has 0 fully saturated rings. The maximum Gasteiger partial charge on any atom is 0.143 e. The van der Waals surface area contributed by atoms with Gasteiger partial charge < -0.3 is 4.57 Å². The summed E-state index contributed by atoms with van der Waals surface area (Å²) >= 11 is 3.37. The Kier molecular flexibility index (Phi) is 3.72. The Morgan fingerprint density at radius 3 is 2.50 bits per heavy atom. The molecule has 0 radical (unpaired) electrons. The minimum absolute atomic E-state index is 0.780. The molecule has 0 aliphatic carbocycles. The molecular formula is C8H14BrN3. The quantitative estimate of drug-likeness (QED) is 0.744. The zero-order valence-corrected chi connectivity index (χ0v) is 9.13. The van der Waals surface area contributed by atoms with E-state index in [1.54, 1.807) is 0 Å². The number of halogens is 1. The largest absolute Gasteiger partial charge is 0.317 e. The Balaban J connectivity index is 2.66. The van der Waals surface area contributed by atoms with Gasteiger partial charge in [0, 0.05) is 13.5 Å². The van der Waals surface area contributed by atoms with Gasteiger partial charge in [-0.3, -0.25) is 0 Å². The molecule has 0 bridgehead atoms. The van der Waals surface area contributed by atoms with E-state index >= 15 is 0 Å². The predicted molar refractivity (Wildman–Crippen MR) is 52.2 cm³/mol. The molecule has 68 valence electrons. The summed E-state index contributed by atoms with van der Waals surface area (Å²) in [7, 11) is 2.02. The first-order valence-electron chi connectivity index (χ1n) is 4.22. The van der Waals surface area contributed by atoms with E-state index in [-0.39, 0.29) is 0 Å². The minimum Gasteiger partial charge on any atom is -0.317 e. The van der Waals surface area contributed by atoms with Crippen molar-refractivity contribution in [2.45, 2.75) is 31.5 Å². The van der Waals surface area contributed by atoms with Gasteiger partial charge in [-0.25, -0.2) is 0 Å². The van der Waals surface area contributed by atoms with Crippen molar-refractivity contribution in [2.75, 3.05) is 0 Å². The molecule has 0 saturated carbocycles. The molecule has 0 unspecified atom stereocenters. The van der Waals surface area contributed by atoms with Crippen LogP contribution in [0.1, 0.15) is 31.4 Å². The monoisotopic (exact) mass is 231 g/mol. The summed E-state index contributed by atoms with van der Waals surface area (Å²) < 4.78 is 2.06. The molecule has 12 heavy (non-hydrogen) atoms. The molecule has 0 aliphatic heterocycles. The standard InChI is InChI=1S/C8H14BrN3/c1-3-4-5-7-10-11-8(6-9)12(7)2/h3-6H2,1-2H3. The predicted octanol–water partition coefficient (Wildman–Crippen LogP) is 2.05. The number of unbranched alkanes of at least 4 members (excludes halogenated alkanes) is 1. The molecule has 1 aromatic rings. The van der Waals surface area contributed by atoms with Gasteiger partial charge in [-0.2, -0.15) is 0 Å². The van der Waals surface area contributed by atoms with E-state index < -0.39 is 0 Å². The van der Waals surface area contributed by atoms with Crippen molar-refractivity contribution >= 4 is 15.9 Å². The average Bonchev–Trinajstić information content (AvgIpc) is 2.43. The number of hydrogen-bond donors (Lipinski definition) is 0. The number of nitrogens with zero attached hydrogens (tertiary/aromatic N) is 3. The van der Waals surface area contributed by atoms with Gasteiger partial charge in [-0.1, -0.05) is 29.3 Å². The van der Waals surface area contributed by atoms with Crippen LogP contribution in [-0.4, -0.2) is 14.8 Å². The Hall–Kier alpha value is -0.380. The molecule has 1 rings (SSSR count). The molecular weight excluding hydrogens is 218 g/mol. The molecule has 0 atom stereocenters. The van der Waals surface area contributed by atoms with Crippen LogP contribution < -0.4 is 0 Å². The van der Waals surface area contributed by atoms with Crippen LogP contribution >= 0.6 is 15.9 Å². The molecule has 0 amide bonds. The molecule has 0 spiro atoms. The number of aryl methyl sites for hydroxylation is 1. The summed E-state index contributed by atoms with van der Waals surface area (Å²) in [6, 6.07) is 0. The zero-order valence-electron chi connectivity index (χ0n) is 7.55. The summed E-state index contributed by atoms with van der Waals surface area (Å²) in [5.74, 6) is 2.09. The van der Waals surface area contributed by atoms with Crippen LogP contribution in [-0.2, 0) is 18.8 Å². The topological polar surface area (TPSA) is 30.7 Å². The van der Waals surface area contributed by atoms with Crippen molar-refractivity contribution in [3.8, 4) is 0 Å².